The smallest absolute Gasteiger partial charge is 0.136 e. The van der Waals surface area contributed by atoms with Gasteiger partial charge >= 0.3 is 0 Å². The minimum absolute atomic E-state index is 0.655. The molecule has 1 aliphatic carbocycles. The van der Waals surface area contributed by atoms with E-state index in [1.54, 1.807) is 0 Å². The fourth-order valence-electron chi connectivity index (χ4n) is 2.68. The number of aromatic nitrogens is 2. The molecular weight excluding hydrogens is 336 g/mol. The van der Waals surface area contributed by atoms with Gasteiger partial charge in [0.1, 0.15) is 11.0 Å². The Morgan fingerprint density at radius 3 is 2.80 bits per heavy atom. The normalized spacial score (nSPS) is 14.7. The van der Waals surface area contributed by atoms with Gasteiger partial charge in [0.05, 0.1) is 0 Å². The first-order chi connectivity index (χ1) is 9.72. The average molecular weight is 352 g/mol. The lowest BCUT2D eigenvalue weighted by Gasteiger charge is -2.09. The molecule has 0 unspecified atom stereocenters. The van der Waals surface area contributed by atoms with Crippen LogP contribution in [0.1, 0.15) is 41.9 Å². The van der Waals surface area contributed by atoms with Crippen LogP contribution in [0.4, 0.5) is 0 Å². The van der Waals surface area contributed by atoms with Crippen molar-refractivity contribution >= 4 is 27.5 Å². The maximum atomic E-state index is 6.36. The Morgan fingerprint density at radius 1 is 1.10 bits per heavy atom. The van der Waals surface area contributed by atoms with Gasteiger partial charge in [-0.25, -0.2) is 9.97 Å². The summed E-state index contributed by atoms with van der Waals surface area (Å²) in [5, 5.41) is 0.655. The van der Waals surface area contributed by atoms with Crippen molar-refractivity contribution in [3.8, 4) is 0 Å². The lowest BCUT2D eigenvalue weighted by atomic mass is 10.1. The van der Waals surface area contributed by atoms with E-state index in [4.69, 9.17) is 16.6 Å². The first-order valence-corrected chi connectivity index (χ1v) is 8.18. The van der Waals surface area contributed by atoms with Crippen molar-refractivity contribution in [3.63, 3.8) is 0 Å². The number of halogens is 2. The van der Waals surface area contributed by atoms with Crippen LogP contribution in [0.2, 0.25) is 5.15 Å². The molecule has 0 saturated carbocycles. The molecule has 0 radical (unpaired) electrons. The van der Waals surface area contributed by atoms with E-state index in [0.29, 0.717) is 5.15 Å². The third-order valence-corrected chi connectivity index (χ3v) is 4.49. The monoisotopic (exact) mass is 350 g/mol. The van der Waals surface area contributed by atoms with Crippen molar-refractivity contribution in [2.24, 2.45) is 0 Å². The van der Waals surface area contributed by atoms with E-state index in [9.17, 15) is 0 Å². The Hall–Kier alpha value is -0.930. The molecule has 0 N–H and O–H groups in total. The zero-order valence-electron chi connectivity index (χ0n) is 11.2. The van der Waals surface area contributed by atoms with Gasteiger partial charge in [-0.1, -0.05) is 46.1 Å². The highest BCUT2D eigenvalue weighted by Gasteiger charge is 2.15. The molecule has 2 aromatic rings. The molecular formula is C16H16BrClN2. The highest BCUT2D eigenvalue weighted by atomic mass is 79.9. The highest BCUT2D eigenvalue weighted by molar-refractivity contribution is 9.10. The first kappa shape index (κ1) is 14.0. The van der Waals surface area contributed by atoms with Gasteiger partial charge in [0, 0.05) is 22.2 Å². The molecule has 0 fully saturated rings. The van der Waals surface area contributed by atoms with Crippen LogP contribution < -0.4 is 0 Å². The summed E-state index contributed by atoms with van der Waals surface area (Å²) < 4.78 is 1.08. The van der Waals surface area contributed by atoms with Crippen molar-refractivity contribution in [1.82, 2.24) is 9.97 Å². The molecule has 0 saturated heterocycles. The Morgan fingerprint density at radius 2 is 1.95 bits per heavy atom. The van der Waals surface area contributed by atoms with E-state index < -0.39 is 0 Å². The Labute approximate surface area is 132 Å². The predicted molar refractivity (Wildman–Crippen MR) is 85.2 cm³/mol. The predicted octanol–water partition coefficient (Wildman–Crippen LogP) is 4.75. The number of nitrogens with zero attached hydrogens (tertiary/aromatic N) is 2. The summed E-state index contributed by atoms with van der Waals surface area (Å²) in [6.45, 7) is 0. The average Bonchev–Trinajstić information content (AvgIpc) is 2.64. The van der Waals surface area contributed by atoms with Crippen LogP contribution in [-0.2, 0) is 19.3 Å². The quantitative estimate of drug-likeness (QED) is 0.576. The minimum Gasteiger partial charge on any atom is -0.237 e. The fraction of sp³-hybridized carbons (Fsp3) is 0.375. The first-order valence-electron chi connectivity index (χ1n) is 7.01. The third kappa shape index (κ3) is 3.21. The molecule has 0 atom stereocenters. The lowest BCUT2D eigenvalue weighted by Crippen LogP contribution is -2.05. The molecule has 0 amide bonds. The van der Waals surface area contributed by atoms with E-state index in [0.717, 1.165) is 35.3 Å². The molecule has 1 aliphatic rings. The summed E-state index contributed by atoms with van der Waals surface area (Å²) in [7, 11) is 0. The van der Waals surface area contributed by atoms with Crippen molar-refractivity contribution < 1.29 is 0 Å². The van der Waals surface area contributed by atoms with Crippen LogP contribution in [0.25, 0.3) is 0 Å². The molecule has 1 heterocycles. The summed E-state index contributed by atoms with van der Waals surface area (Å²) in [5.41, 5.74) is 3.53. The molecule has 1 aromatic heterocycles. The molecule has 1 aromatic carbocycles. The van der Waals surface area contributed by atoms with Crippen LogP contribution in [0.15, 0.2) is 28.7 Å². The van der Waals surface area contributed by atoms with Gasteiger partial charge in [-0.3, -0.25) is 0 Å². The zero-order chi connectivity index (χ0) is 13.9. The van der Waals surface area contributed by atoms with Crippen LogP contribution in [0.3, 0.4) is 0 Å². The summed E-state index contributed by atoms with van der Waals surface area (Å²) >= 11 is 9.85. The molecule has 20 heavy (non-hydrogen) atoms. The second-order valence-electron chi connectivity index (χ2n) is 5.22. The van der Waals surface area contributed by atoms with Gasteiger partial charge in [-0.05, 0) is 43.4 Å². The Kier molecular flexibility index (Phi) is 4.37. The van der Waals surface area contributed by atoms with E-state index in [-0.39, 0.29) is 0 Å². The molecule has 104 valence electrons. The van der Waals surface area contributed by atoms with Crippen molar-refractivity contribution in [1.29, 1.82) is 0 Å². The van der Waals surface area contributed by atoms with Crippen LogP contribution >= 0.6 is 27.5 Å². The molecule has 3 rings (SSSR count). The van der Waals surface area contributed by atoms with E-state index >= 15 is 0 Å². The van der Waals surface area contributed by atoms with Gasteiger partial charge in [0.15, 0.2) is 0 Å². The van der Waals surface area contributed by atoms with E-state index in [2.05, 4.69) is 33.0 Å². The van der Waals surface area contributed by atoms with Gasteiger partial charge in [0.25, 0.3) is 0 Å². The van der Waals surface area contributed by atoms with Gasteiger partial charge in [-0.2, -0.15) is 0 Å². The summed E-state index contributed by atoms with van der Waals surface area (Å²) in [4.78, 5) is 9.24. The minimum atomic E-state index is 0.655. The van der Waals surface area contributed by atoms with E-state index in [1.807, 2.05) is 12.1 Å². The number of hydrogen-bond acceptors (Lipinski definition) is 2. The Balaban J connectivity index is 1.91. The molecule has 0 bridgehead atoms. The Bertz CT molecular complexity index is 628. The lowest BCUT2D eigenvalue weighted by molar-refractivity contribution is 0.708. The largest absolute Gasteiger partial charge is 0.237 e. The summed E-state index contributed by atoms with van der Waals surface area (Å²) in [6.07, 6.45) is 6.44. The van der Waals surface area contributed by atoms with Crippen molar-refractivity contribution in [2.75, 3.05) is 0 Å². The van der Waals surface area contributed by atoms with Gasteiger partial charge in [-0.15, -0.1) is 0 Å². The van der Waals surface area contributed by atoms with Crippen LogP contribution in [0.5, 0.6) is 0 Å². The SMILES string of the molecule is Clc1nc(Cc2cccc(Br)c2)nc2c1CCCCC2. The fourth-order valence-corrected chi connectivity index (χ4v) is 3.43. The summed E-state index contributed by atoms with van der Waals surface area (Å²) in [6, 6.07) is 8.25. The second kappa shape index (κ2) is 6.23. The highest BCUT2D eigenvalue weighted by Crippen LogP contribution is 2.25. The second-order valence-corrected chi connectivity index (χ2v) is 6.50. The number of aryl methyl sites for hydroxylation is 1. The van der Waals surface area contributed by atoms with Crippen LogP contribution in [0, 0.1) is 0 Å². The van der Waals surface area contributed by atoms with Gasteiger partial charge in [0.2, 0.25) is 0 Å². The van der Waals surface area contributed by atoms with Crippen molar-refractivity contribution in [3.05, 3.63) is 56.5 Å². The van der Waals surface area contributed by atoms with Crippen molar-refractivity contribution in [2.45, 2.75) is 38.5 Å². The number of fused-ring (bicyclic) bond motifs is 1. The van der Waals surface area contributed by atoms with E-state index in [1.165, 1.54) is 30.4 Å². The molecule has 2 nitrogen and oxygen atoms in total. The van der Waals surface area contributed by atoms with Crippen LogP contribution in [-0.4, -0.2) is 9.97 Å². The molecule has 4 heteroatoms. The maximum Gasteiger partial charge on any atom is 0.136 e. The zero-order valence-corrected chi connectivity index (χ0v) is 13.5. The van der Waals surface area contributed by atoms with Gasteiger partial charge < -0.3 is 0 Å². The number of hydrogen-bond donors (Lipinski definition) is 0. The maximum absolute atomic E-state index is 6.36. The third-order valence-electron chi connectivity index (χ3n) is 3.68. The number of rotatable bonds is 2. The summed E-state index contributed by atoms with van der Waals surface area (Å²) in [5.74, 6) is 0.828. The number of benzene rings is 1. The molecule has 0 aliphatic heterocycles. The molecule has 0 spiro atoms. The topological polar surface area (TPSA) is 25.8 Å². The standard InChI is InChI=1S/C16H16BrClN2/c17-12-6-4-5-11(9-12)10-15-19-14-8-3-1-2-7-13(14)16(18)20-15/h4-6,9H,1-3,7-8,10H2.